The topological polar surface area (TPSA) is 76.0 Å². The number of carbonyl (C=O) groups is 1. The van der Waals surface area contributed by atoms with Crippen molar-refractivity contribution in [3.8, 4) is 5.75 Å². The second kappa shape index (κ2) is 8.80. The lowest BCUT2D eigenvalue weighted by Gasteiger charge is -2.18. The maximum Gasteiger partial charge on any atom is 0.354 e. The zero-order valence-electron chi connectivity index (χ0n) is 13.8. The van der Waals surface area contributed by atoms with Crippen LogP contribution in [0.15, 0.2) is 35.0 Å². The number of carboxylic acids is 1. The van der Waals surface area contributed by atoms with Crippen LogP contribution in [0.3, 0.4) is 0 Å². The molecule has 1 aliphatic heterocycles. The summed E-state index contributed by atoms with van der Waals surface area (Å²) in [4.78, 5) is 14.8. The second-order valence-electron chi connectivity index (χ2n) is 6.12. The maximum atomic E-state index is 10.8. The van der Waals surface area contributed by atoms with E-state index in [0.29, 0.717) is 12.3 Å². The lowest BCUT2D eigenvalue weighted by Crippen LogP contribution is -2.37. The standard InChI is InChI=1S/C15H19NO3Si.Cl2OS/c1-10-5-6-11(20(2,3)4)9-13(10)19-14-8-7-12(16-14)15(17)18;1-4(2)3/h5-7,9H,8H2,1-4H3,(H,17,18);. The molecule has 0 saturated carbocycles. The van der Waals surface area contributed by atoms with E-state index in [4.69, 9.17) is 14.1 Å². The van der Waals surface area contributed by atoms with Gasteiger partial charge in [0, 0.05) is 27.8 Å². The van der Waals surface area contributed by atoms with Gasteiger partial charge in [-0.3, -0.25) is 0 Å². The number of ether oxygens (including phenoxy) is 1. The number of halogens is 2. The molecule has 0 amide bonds. The number of hydrogen-bond donors (Lipinski definition) is 1. The minimum Gasteiger partial charge on any atom is -0.477 e. The Balaban J connectivity index is 0.000000648. The molecular weight excluding hydrogens is 389 g/mol. The summed E-state index contributed by atoms with van der Waals surface area (Å²) in [5.41, 5.74) is 1.08. The highest BCUT2D eigenvalue weighted by Crippen LogP contribution is 2.21. The fourth-order valence-corrected chi connectivity index (χ4v) is 3.06. The van der Waals surface area contributed by atoms with Gasteiger partial charge >= 0.3 is 5.97 Å². The van der Waals surface area contributed by atoms with Crippen LogP contribution in [-0.2, 0) is 14.0 Å². The predicted molar refractivity (Wildman–Crippen MR) is 102 cm³/mol. The monoisotopic (exact) mass is 407 g/mol. The zero-order valence-corrected chi connectivity index (χ0v) is 17.1. The Bertz CT molecular complexity index is 710. The summed E-state index contributed by atoms with van der Waals surface area (Å²) < 4.78 is 14.9. The quantitative estimate of drug-likeness (QED) is 0.611. The highest BCUT2D eigenvalue weighted by Gasteiger charge is 2.20. The van der Waals surface area contributed by atoms with Gasteiger partial charge in [-0.2, -0.15) is 0 Å². The predicted octanol–water partition coefficient (Wildman–Crippen LogP) is 3.73. The van der Waals surface area contributed by atoms with Crippen LogP contribution in [0.25, 0.3) is 0 Å². The first-order valence-electron chi connectivity index (χ1n) is 7.05. The molecule has 1 aliphatic rings. The van der Waals surface area contributed by atoms with Crippen LogP contribution >= 0.6 is 21.4 Å². The summed E-state index contributed by atoms with van der Waals surface area (Å²) in [5.74, 6) is 0.193. The number of aryl methyl sites for hydroxylation is 1. The van der Waals surface area contributed by atoms with Gasteiger partial charge in [0.2, 0.25) is 9.23 Å². The molecule has 2 rings (SSSR count). The first-order valence-corrected chi connectivity index (χ1v) is 13.3. The summed E-state index contributed by atoms with van der Waals surface area (Å²) >= 11 is 0. The van der Waals surface area contributed by atoms with Crippen molar-refractivity contribution in [1.29, 1.82) is 0 Å². The van der Waals surface area contributed by atoms with Crippen molar-refractivity contribution >= 4 is 55.7 Å². The van der Waals surface area contributed by atoms with E-state index in [1.54, 1.807) is 6.08 Å². The molecule has 9 heteroatoms. The first kappa shape index (κ1) is 20.9. The summed E-state index contributed by atoms with van der Waals surface area (Å²) in [7, 11) is 5.96. The number of aliphatic imine (C=N–C) groups is 1. The number of aliphatic carboxylic acids is 1. The SMILES string of the molecule is Cc1ccc([Si](C)(C)C)cc1OC1=NC(C(=O)O)=CC1.O=S(Cl)Cl. The summed E-state index contributed by atoms with van der Waals surface area (Å²) in [6.45, 7) is 8.81. The van der Waals surface area contributed by atoms with Crippen LogP contribution in [0, 0.1) is 6.92 Å². The molecule has 0 spiro atoms. The average Bonchev–Trinajstić information content (AvgIpc) is 2.88. The second-order valence-corrected chi connectivity index (χ2v) is 13.7. The van der Waals surface area contributed by atoms with Gasteiger partial charge in [0.05, 0.1) is 8.07 Å². The van der Waals surface area contributed by atoms with Crippen molar-refractivity contribution < 1.29 is 18.8 Å². The number of carboxylic acid groups (broad SMARTS) is 1. The van der Waals surface area contributed by atoms with Crippen molar-refractivity contribution in [2.75, 3.05) is 0 Å². The molecule has 0 aliphatic carbocycles. The molecule has 1 N–H and O–H groups in total. The number of benzene rings is 1. The van der Waals surface area contributed by atoms with E-state index in [1.165, 1.54) is 5.19 Å². The summed E-state index contributed by atoms with van der Waals surface area (Å²) in [5, 5.41) is 10.2. The molecule has 5 nitrogen and oxygen atoms in total. The van der Waals surface area contributed by atoms with Gasteiger partial charge in [0.15, 0.2) is 5.90 Å². The third kappa shape index (κ3) is 6.76. The Labute approximate surface area is 153 Å². The van der Waals surface area contributed by atoms with Gasteiger partial charge in [-0.15, -0.1) is 0 Å². The van der Waals surface area contributed by atoms with E-state index < -0.39 is 23.3 Å². The van der Waals surface area contributed by atoms with Crippen LogP contribution in [0.4, 0.5) is 0 Å². The van der Waals surface area contributed by atoms with Gasteiger partial charge in [0.1, 0.15) is 11.4 Å². The van der Waals surface area contributed by atoms with Crippen molar-refractivity contribution in [1.82, 2.24) is 0 Å². The fraction of sp³-hybridized carbons (Fsp3) is 0.333. The normalized spacial score (nSPS) is 13.8. The third-order valence-electron chi connectivity index (χ3n) is 3.22. The van der Waals surface area contributed by atoms with E-state index in [9.17, 15) is 4.79 Å². The minimum absolute atomic E-state index is 0.0546. The highest BCUT2D eigenvalue weighted by molar-refractivity contribution is 8.26. The Morgan fingerprint density at radius 2 is 1.92 bits per heavy atom. The fourth-order valence-electron chi connectivity index (χ4n) is 1.91. The minimum atomic E-state index is -1.67. The Kier molecular flexibility index (Phi) is 7.66. The van der Waals surface area contributed by atoms with Crippen LogP contribution in [0.2, 0.25) is 19.6 Å². The van der Waals surface area contributed by atoms with E-state index in [2.05, 4.69) is 58.1 Å². The van der Waals surface area contributed by atoms with Crippen molar-refractivity contribution in [2.24, 2.45) is 4.99 Å². The highest BCUT2D eigenvalue weighted by atomic mass is 36.0. The molecule has 1 aromatic rings. The van der Waals surface area contributed by atoms with Gasteiger partial charge in [-0.05, 0) is 24.6 Å². The van der Waals surface area contributed by atoms with Gasteiger partial charge in [-0.1, -0.05) is 37.0 Å². The summed E-state index contributed by atoms with van der Waals surface area (Å²) in [6.07, 6.45) is 1.99. The molecule has 0 fully saturated rings. The molecule has 1 heterocycles. The van der Waals surface area contributed by atoms with Crippen LogP contribution in [0.5, 0.6) is 5.75 Å². The molecule has 1 aromatic carbocycles. The molecule has 0 radical (unpaired) electrons. The molecule has 0 atom stereocenters. The molecular formula is C15H19Cl2NO4SSi. The Morgan fingerprint density at radius 1 is 1.33 bits per heavy atom. The molecule has 0 saturated heterocycles. The first-order chi connectivity index (χ1) is 11.0. The number of nitrogens with zero attached hydrogens (tertiary/aromatic N) is 1. The summed E-state index contributed by atoms with van der Waals surface area (Å²) in [6, 6.07) is 6.25. The molecule has 0 bridgehead atoms. The molecule has 24 heavy (non-hydrogen) atoms. The van der Waals surface area contributed by atoms with E-state index in [1.807, 2.05) is 13.0 Å². The lowest BCUT2D eigenvalue weighted by molar-refractivity contribution is -0.132. The van der Waals surface area contributed by atoms with Crippen molar-refractivity contribution in [3.63, 3.8) is 0 Å². The zero-order chi connectivity index (χ0) is 18.5. The van der Waals surface area contributed by atoms with Crippen LogP contribution in [-0.4, -0.2) is 29.3 Å². The Hall–Kier alpha value is -1.15. The largest absolute Gasteiger partial charge is 0.477 e. The smallest absolute Gasteiger partial charge is 0.354 e. The molecule has 0 unspecified atom stereocenters. The van der Waals surface area contributed by atoms with Gasteiger partial charge in [0.25, 0.3) is 0 Å². The van der Waals surface area contributed by atoms with E-state index in [0.717, 1.165) is 11.3 Å². The van der Waals surface area contributed by atoms with Crippen LogP contribution in [0.1, 0.15) is 12.0 Å². The van der Waals surface area contributed by atoms with Crippen molar-refractivity contribution in [2.45, 2.75) is 33.0 Å². The third-order valence-corrected chi connectivity index (χ3v) is 5.26. The van der Waals surface area contributed by atoms with Gasteiger partial charge in [-0.25, -0.2) is 14.0 Å². The number of hydrogen-bond acceptors (Lipinski definition) is 4. The number of rotatable bonds is 3. The lowest BCUT2D eigenvalue weighted by atomic mass is 10.2. The van der Waals surface area contributed by atoms with Gasteiger partial charge < -0.3 is 9.84 Å². The van der Waals surface area contributed by atoms with E-state index in [-0.39, 0.29) is 5.70 Å². The molecule has 132 valence electrons. The molecule has 0 aromatic heterocycles. The average molecular weight is 408 g/mol. The van der Waals surface area contributed by atoms with Crippen molar-refractivity contribution in [3.05, 3.63) is 35.5 Å². The Morgan fingerprint density at radius 3 is 2.38 bits per heavy atom. The maximum absolute atomic E-state index is 10.8. The van der Waals surface area contributed by atoms with E-state index >= 15 is 0 Å². The van der Waals surface area contributed by atoms with Crippen LogP contribution < -0.4 is 9.92 Å².